The second kappa shape index (κ2) is 4.74. The van der Waals surface area contributed by atoms with Crippen molar-refractivity contribution in [1.29, 1.82) is 0 Å². The van der Waals surface area contributed by atoms with Crippen molar-refractivity contribution in [2.45, 2.75) is 57.4 Å². The Balaban J connectivity index is 1.93. The normalized spacial score (nSPS) is 24.1. The maximum absolute atomic E-state index is 12.4. The molecule has 0 saturated heterocycles. The van der Waals surface area contributed by atoms with Crippen LogP contribution in [0.4, 0.5) is 0 Å². The molecule has 2 aliphatic carbocycles. The van der Waals surface area contributed by atoms with E-state index < -0.39 is 5.54 Å². The van der Waals surface area contributed by atoms with Gasteiger partial charge in [0.25, 0.3) is 0 Å². The summed E-state index contributed by atoms with van der Waals surface area (Å²) in [6, 6.07) is 0. The minimum atomic E-state index is -0.528. The van der Waals surface area contributed by atoms with Crippen molar-refractivity contribution in [1.82, 2.24) is 4.90 Å². The van der Waals surface area contributed by atoms with Crippen LogP contribution < -0.4 is 5.73 Å². The van der Waals surface area contributed by atoms with Gasteiger partial charge >= 0.3 is 0 Å². The average Bonchev–Trinajstić information content (AvgIpc) is 2.64. The quantitative estimate of drug-likeness (QED) is 0.793. The Morgan fingerprint density at radius 1 is 1.31 bits per heavy atom. The van der Waals surface area contributed by atoms with E-state index >= 15 is 0 Å². The monoisotopic (exact) mass is 224 g/mol. The number of carbonyl (C=O) groups excluding carboxylic acids is 1. The van der Waals surface area contributed by atoms with E-state index in [9.17, 15) is 4.79 Å². The van der Waals surface area contributed by atoms with Crippen molar-refractivity contribution in [2.24, 2.45) is 11.7 Å². The van der Waals surface area contributed by atoms with Gasteiger partial charge in [-0.3, -0.25) is 4.79 Å². The zero-order chi connectivity index (χ0) is 11.6. The lowest BCUT2D eigenvalue weighted by molar-refractivity contribution is -0.137. The van der Waals surface area contributed by atoms with E-state index in [1.165, 1.54) is 19.3 Å². The van der Waals surface area contributed by atoms with Crippen LogP contribution in [0.3, 0.4) is 0 Å². The molecule has 0 unspecified atom stereocenters. The Bertz CT molecular complexity index is 255. The average molecular weight is 224 g/mol. The third-order valence-corrected chi connectivity index (χ3v) is 4.29. The molecule has 0 aliphatic heterocycles. The molecule has 2 aliphatic rings. The van der Waals surface area contributed by atoms with Gasteiger partial charge in [-0.1, -0.05) is 19.3 Å². The zero-order valence-electron chi connectivity index (χ0n) is 10.4. The standard InChI is InChI=1S/C13H24N2O/c1-2-15(10-11-6-5-7-11)12(16)13(14)8-3-4-9-13/h11H,2-10,14H2,1H3. The van der Waals surface area contributed by atoms with Crippen LogP contribution in [0.5, 0.6) is 0 Å². The van der Waals surface area contributed by atoms with E-state index in [0.29, 0.717) is 0 Å². The van der Waals surface area contributed by atoms with Crippen LogP contribution in [0, 0.1) is 5.92 Å². The summed E-state index contributed by atoms with van der Waals surface area (Å²) < 4.78 is 0. The summed E-state index contributed by atoms with van der Waals surface area (Å²) in [6.45, 7) is 3.82. The van der Waals surface area contributed by atoms with Crippen LogP contribution in [-0.2, 0) is 4.79 Å². The lowest BCUT2D eigenvalue weighted by Crippen LogP contribution is -2.54. The van der Waals surface area contributed by atoms with Gasteiger partial charge in [0.05, 0.1) is 5.54 Å². The van der Waals surface area contributed by atoms with Gasteiger partial charge in [-0.05, 0) is 38.5 Å². The second-order valence-corrected chi connectivity index (χ2v) is 5.50. The van der Waals surface area contributed by atoms with Crippen LogP contribution >= 0.6 is 0 Å². The molecule has 3 nitrogen and oxygen atoms in total. The SMILES string of the molecule is CCN(CC1CCC1)C(=O)C1(N)CCCC1. The fraction of sp³-hybridized carbons (Fsp3) is 0.923. The number of hydrogen-bond acceptors (Lipinski definition) is 2. The smallest absolute Gasteiger partial charge is 0.242 e. The number of hydrogen-bond donors (Lipinski definition) is 1. The molecule has 0 spiro atoms. The van der Waals surface area contributed by atoms with Crippen molar-refractivity contribution in [3.63, 3.8) is 0 Å². The van der Waals surface area contributed by atoms with Gasteiger partial charge in [-0.15, -0.1) is 0 Å². The van der Waals surface area contributed by atoms with Crippen LogP contribution in [0.2, 0.25) is 0 Å². The molecule has 0 heterocycles. The van der Waals surface area contributed by atoms with E-state index in [0.717, 1.165) is 44.7 Å². The molecule has 2 rings (SSSR count). The topological polar surface area (TPSA) is 46.3 Å². The molecule has 92 valence electrons. The van der Waals surface area contributed by atoms with Crippen molar-refractivity contribution < 1.29 is 4.79 Å². The summed E-state index contributed by atoms with van der Waals surface area (Å²) in [7, 11) is 0. The predicted molar refractivity (Wildman–Crippen MR) is 65.0 cm³/mol. The first kappa shape index (κ1) is 11.9. The molecule has 16 heavy (non-hydrogen) atoms. The van der Waals surface area contributed by atoms with Gasteiger partial charge < -0.3 is 10.6 Å². The van der Waals surface area contributed by atoms with Gasteiger partial charge in [0.2, 0.25) is 5.91 Å². The van der Waals surface area contributed by atoms with Crippen molar-refractivity contribution in [3.05, 3.63) is 0 Å². The lowest BCUT2D eigenvalue weighted by Gasteiger charge is -2.36. The van der Waals surface area contributed by atoms with Crippen molar-refractivity contribution >= 4 is 5.91 Å². The van der Waals surface area contributed by atoms with E-state index in [1.807, 2.05) is 4.90 Å². The molecule has 0 aromatic heterocycles. The van der Waals surface area contributed by atoms with Gasteiger partial charge in [0.1, 0.15) is 0 Å². The minimum Gasteiger partial charge on any atom is -0.341 e. The number of likely N-dealkylation sites (N-methyl/N-ethyl adjacent to an activating group) is 1. The molecule has 2 saturated carbocycles. The highest BCUT2D eigenvalue weighted by atomic mass is 16.2. The molecule has 0 aromatic rings. The summed E-state index contributed by atoms with van der Waals surface area (Å²) in [5.41, 5.74) is 5.70. The lowest BCUT2D eigenvalue weighted by atomic mass is 9.84. The predicted octanol–water partition coefficient (Wildman–Crippen LogP) is 1.91. The summed E-state index contributed by atoms with van der Waals surface area (Å²) in [4.78, 5) is 14.4. The molecule has 2 fully saturated rings. The maximum atomic E-state index is 12.4. The Hall–Kier alpha value is -0.570. The number of amides is 1. The number of nitrogens with zero attached hydrogens (tertiary/aromatic N) is 1. The molecule has 1 amide bonds. The molecule has 0 bridgehead atoms. The summed E-state index contributed by atoms with van der Waals surface area (Å²) in [6.07, 6.45) is 7.92. The molecule has 2 N–H and O–H groups in total. The molecule has 0 radical (unpaired) electrons. The van der Waals surface area contributed by atoms with E-state index in [1.54, 1.807) is 0 Å². The zero-order valence-corrected chi connectivity index (χ0v) is 10.4. The van der Waals surface area contributed by atoms with Gasteiger partial charge in [0.15, 0.2) is 0 Å². The number of carbonyl (C=O) groups is 1. The first-order valence-corrected chi connectivity index (χ1v) is 6.74. The van der Waals surface area contributed by atoms with Gasteiger partial charge in [-0.2, -0.15) is 0 Å². The van der Waals surface area contributed by atoms with E-state index in [-0.39, 0.29) is 5.91 Å². The number of nitrogens with two attached hydrogens (primary N) is 1. The van der Waals surface area contributed by atoms with Crippen LogP contribution in [0.1, 0.15) is 51.9 Å². The molecular weight excluding hydrogens is 200 g/mol. The highest BCUT2D eigenvalue weighted by Gasteiger charge is 2.40. The fourth-order valence-corrected chi connectivity index (χ4v) is 2.88. The largest absolute Gasteiger partial charge is 0.341 e. The molecule has 0 atom stereocenters. The molecule has 3 heteroatoms. The Labute approximate surface area is 98.4 Å². The van der Waals surface area contributed by atoms with Crippen molar-refractivity contribution in [2.75, 3.05) is 13.1 Å². The second-order valence-electron chi connectivity index (χ2n) is 5.50. The maximum Gasteiger partial charge on any atom is 0.242 e. The molecule has 0 aromatic carbocycles. The van der Waals surface area contributed by atoms with Gasteiger partial charge in [0, 0.05) is 13.1 Å². The third-order valence-electron chi connectivity index (χ3n) is 4.29. The summed E-state index contributed by atoms with van der Waals surface area (Å²) in [5.74, 6) is 0.952. The number of rotatable bonds is 4. The highest BCUT2D eigenvalue weighted by molar-refractivity contribution is 5.86. The fourth-order valence-electron chi connectivity index (χ4n) is 2.88. The third kappa shape index (κ3) is 2.24. The Morgan fingerprint density at radius 2 is 1.94 bits per heavy atom. The Morgan fingerprint density at radius 3 is 2.38 bits per heavy atom. The highest BCUT2D eigenvalue weighted by Crippen LogP contribution is 2.31. The van der Waals surface area contributed by atoms with Crippen LogP contribution in [0.25, 0.3) is 0 Å². The molecular formula is C13H24N2O. The van der Waals surface area contributed by atoms with E-state index in [4.69, 9.17) is 5.73 Å². The first-order valence-electron chi connectivity index (χ1n) is 6.74. The first-order chi connectivity index (χ1) is 7.65. The van der Waals surface area contributed by atoms with Crippen LogP contribution in [-0.4, -0.2) is 29.4 Å². The minimum absolute atomic E-state index is 0.208. The summed E-state index contributed by atoms with van der Waals surface area (Å²) in [5, 5.41) is 0. The van der Waals surface area contributed by atoms with Gasteiger partial charge in [-0.25, -0.2) is 0 Å². The van der Waals surface area contributed by atoms with E-state index in [2.05, 4.69) is 6.92 Å². The van der Waals surface area contributed by atoms with Crippen LogP contribution in [0.15, 0.2) is 0 Å². The van der Waals surface area contributed by atoms with Crippen molar-refractivity contribution in [3.8, 4) is 0 Å². The Kier molecular flexibility index (Phi) is 3.53. The summed E-state index contributed by atoms with van der Waals surface area (Å²) >= 11 is 0.